The first-order chi connectivity index (χ1) is 8.85. The number of likely N-dealkylation sites (tertiary alicyclic amines) is 1. The maximum absolute atomic E-state index is 4.65. The topological polar surface area (TPSA) is 28.2 Å². The number of hydrogen-bond acceptors (Lipinski definition) is 4. The number of aromatic nitrogens is 1. The highest BCUT2D eigenvalue weighted by Gasteiger charge is 2.19. The molecule has 3 nitrogen and oxygen atoms in total. The molecule has 0 spiro atoms. The van der Waals surface area contributed by atoms with Gasteiger partial charge in [-0.1, -0.05) is 30.4 Å². The van der Waals surface area contributed by atoms with Crippen LogP contribution in [-0.4, -0.2) is 35.6 Å². The summed E-state index contributed by atoms with van der Waals surface area (Å²) in [5.41, 5.74) is 1.10. The normalized spacial score (nSPS) is 21.3. The Labute approximate surface area is 112 Å². The third kappa shape index (κ3) is 2.49. The van der Waals surface area contributed by atoms with Crippen LogP contribution in [0.25, 0.3) is 10.2 Å². The van der Waals surface area contributed by atoms with Gasteiger partial charge in [0.15, 0.2) is 5.13 Å². The van der Waals surface area contributed by atoms with E-state index in [9.17, 15) is 0 Å². The second kappa shape index (κ2) is 5.24. The average Bonchev–Trinajstić information content (AvgIpc) is 2.81. The molecule has 0 unspecified atom stereocenters. The molecule has 2 aromatic rings. The van der Waals surface area contributed by atoms with E-state index in [1.54, 1.807) is 11.3 Å². The van der Waals surface area contributed by atoms with E-state index in [1.165, 1.54) is 24.1 Å². The Hall–Kier alpha value is -1.13. The van der Waals surface area contributed by atoms with E-state index in [1.807, 2.05) is 6.07 Å². The van der Waals surface area contributed by atoms with Crippen molar-refractivity contribution in [1.82, 2.24) is 9.88 Å². The van der Waals surface area contributed by atoms with E-state index >= 15 is 0 Å². The van der Waals surface area contributed by atoms with Crippen LogP contribution in [0.15, 0.2) is 24.3 Å². The average molecular weight is 261 g/mol. The number of thiazole rings is 1. The minimum Gasteiger partial charge on any atom is -0.357 e. The molecule has 0 bridgehead atoms. The van der Waals surface area contributed by atoms with E-state index in [-0.39, 0.29) is 0 Å². The Morgan fingerprint density at radius 1 is 1.44 bits per heavy atom. The van der Waals surface area contributed by atoms with Gasteiger partial charge >= 0.3 is 0 Å². The number of nitrogens with one attached hydrogen (secondary N) is 1. The molecule has 1 fully saturated rings. The summed E-state index contributed by atoms with van der Waals surface area (Å²) in [4.78, 5) is 7.15. The SMILES string of the molecule is CCN1CCC[C@@H](Nc2nc3ccccc3s2)C1. The van der Waals surface area contributed by atoms with Gasteiger partial charge in [0.05, 0.1) is 10.2 Å². The molecule has 2 heterocycles. The lowest BCUT2D eigenvalue weighted by atomic mass is 10.1. The van der Waals surface area contributed by atoms with Crippen molar-refractivity contribution in [3.63, 3.8) is 0 Å². The van der Waals surface area contributed by atoms with Crippen LogP contribution >= 0.6 is 11.3 Å². The quantitative estimate of drug-likeness (QED) is 0.919. The molecule has 0 radical (unpaired) electrons. The van der Waals surface area contributed by atoms with Crippen molar-refractivity contribution in [3.8, 4) is 0 Å². The van der Waals surface area contributed by atoms with Gasteiger partial charge in [0.2, 0.25) is 0 Å². The predicted octanol–water partition coefficient (Wildman–Crippen LogP) is 3.19. The highest BCUT2D eigenvalue weighted by molar-refractivity contribution is 7.22. The van der Waals surface area contributed by atoms with Gasteiger partial charge in [-0.3, -0.25) is 0 Å². The van der Waals surface area contributed by atoms with E-state index in [4.69, 9.17) is 0 Å². The van der Waals surface area contributed by atoms with Crippen molar-refractivity contribution in [2.75, 3.05) is 25.0 Å². The van der Waals surface area contributed by atoms with Crippen LogP contribution in [0.2, 0.25) is 0 Å². The van der Waals surface area contributed by atoms with Crippen molar-refractivity contribution in [2.45, 2.75) is 25.8 Å². The number of rotatable bonds is 3. The monoisotopic (exact) mass is 261 g/mol. The molecular formula is C14H19N3S. The Balaban J connectivity index is 1.71. The second-order valence-electron chi connectivity index (χ2n) is 4.86. The first-order valence-corrected chi connectivity index (χ1v) is 7.51. The zero-order chi connectivity index (χ0) is 12.4. The fraction of sp³-hybridized carbons (Fsp3) is 0.500. The minimum atomic E-state index is 0.555. The number of hydrogen-bond donors (Lipinski definition) is 1. The summed E-state index contributed by atoms with van der Waals surface area (Å²) in [6.45, 7) is 5.78. The van der Waals surface area contributed by atoms with Crippen molar-refractivity contribution in [3.05, 3.63) is 24.3 Å². The predicted molar refractivity (Wildman–Crippen MR) is 78.4 cm³/mol. The number of likely N-dealkylation sites (N-methyl/N-ethyl adjacent to an activating group) is 1. The molecule has 0 aliphatic carbocycles. The van der Waals surface area contributed by atoms with Gasteiger partial charge in [-0.25, -0.2) is 4.98 Å². The van der Waals surface area contributed by atoms with Crippen LogP contribution < -0.4 is 5.32 Å². The molecule has 96 valence electrons. The maximum atomic E-state index is 4.65. The third-order valence-corrected chi connectivity index (χ3v) is 4.54. The van der Waals surface area contributed by atoms with Crippen LogP contribution in [0.3, 0.4) is 0 Å². The summed E-state index contributed by atoms with van der Waals surface area (Å²) in [7, 11) is 0. The lowest BCUT2D eigenvalue weighted by Crippen LogP contribution is -2.41. The summed E-state index contributed by atoms with van der Waals surface area (Å²) in [6, 6.07) is 8.89. The Bertz CT molecular complexity index is 489. The van der Waals surface area contributed by atoms with Gasteiger partial charge < -0.3 is 10.2 Å². The maximum Gasteiger partial charge on any atom is 0.184 e. The Morgan fingerprint density at radius 2 is 2.33 bits per heavy atom. The number of anilines is 1. The Morgan fingerprint density at radius 3 is 3.17 bits per heavy atom. The van der Waals surface area contributed by atoms with E-state index < -0.39 is 0 Å². The molecule has 1 aromatic heterocycles. The van der Waals surface area contributed by atoms with Crippen molar-refractivity contribution < 1.29 is 0 Å². The van der Waals surface area contributed by atoms with Gasteiger partial charge in [0.1, 0.15) is 0 Å². The molecule has 4 heteroatoms. The van der Waals surface area contributed by atoms with Crippen molar-refractivity contribution in [2.24, 2.45) is 0 Å². The van der Waals surface area contributed by atoms with Crippen molar-refractivity contribution in [1.29, 1.82) is 0 Å². The molecular weight excluding hydrogens is 242 g/mol. The molecule has 3 rings (SSSR count). The van der Waals surface area contributed by atoms with Gasteiger partial charge in [0, 0.05) is 12.6 Å². The van der Waals surface area contributed by atoms with Gasteiger partial charge in [-0.05, 0) is 38.1 Å². The Kier molecular flexibility index (Phi) is 3.48. The van der Waals surface area contributed by atoms with E-state index in [0.29, 0.717) is 6.04 Å². The van der Waals surface area contributed by atoms with Crippen LogP contribution in [0.1, 0.15) is 19.8 Å². The number of fused-ring (bicyclic) bond motifs is 1. The highest BCUT2D eigenvalue weighted by atomic mass is 32.1. The molecule has 1 saturated heterocycles. The fourth-order valence-electron chi connectivity index (χ4n) is 2.57. The number of nitrogens with zero attached hydrogens (tertiary/aromatic N) is 2. The highest BCUT2D eigenvalue weighted by Crippen LogP contribution is 2.27. The van der Waals surface area contributed by atoms with Gasteiger partial charge in [-0.2, -0.15) is 0 Å². The van der Waals surface area contributed by atoms with Crippen LogP contribution in [0, 0.1) is 0 Å². The molecule has 1 N–H and O–H groups in total. The zero-order valence-electron chi connectivity index (χ0n) is 10.7. The number of benzene rings is 1. The van der Waals surface area contributed by atoms with Gasteiger partial charge in [-0.15, -0.1) is 0 Å². The van der Waals surface area contributed by atoms with E-state index in [2.05, 4.69) is 40.3 Å². The molecule has 0 saturated carbocycles. The lowest BCUT2D eigenvalue weighted by Gasteiger charge is -2.32. The summed E-state index contributed by atoms with van der Waals surface area (Å²) < 4.78 is 1.27. The molecule has 1 aliphatic rings. The second-order valence-corrected chi connectivity index (χ2v) is 5.89. The van der Waals surface area contributed by atoms with Crippen LogP contribution in [0.4, 0.5) is 5.13 Å². The molecule has 1 aliphatic heterocycles. The first-order valence-electron chi connectivity index (χ1n) is 6.69. The summed E-state index contributed by atoms with van der Waals surface area (Å²) >= 11 is 1.76. The molecule has 0 amide bonds. The lowest BCUT2D eigenvalue weighted by molar-refractivity contribution is 0.227. The number of para-hydroxylation sites is 1. The fourth-order valence-corrected chi connectivity index (χ4v) is 3.51. The number of piperidine rings is 1. The smallest absolute Gasteiger partial charge is 0.184 e. The van der Waals surface area contributed by atoms with Gasteiger partial charge in [0.25, 0.3) is 0 Å². The van der Waals surface area contributed by atoms with E-state index in [0.717, 1.165) is 23.7 Å². The standard InChI is InChI=1S/C14H19N3S/c1-2-17-9-5-6-11(10-17)15-14-16-12-7-3-4-8-13(12)18-14/h3-4,7-8,11H,2,5-6,9-10H2,1H3,(H,15,16)/t11-/m1/s1. The third-order valence-electron chi connectivity index (χ3n) is 3.57. The van der Waals surface area contributed by atoms with Crippen LogP contribution in [-0.2, 0) is 0 Å². The summed E-state index contributed by atoms with van der Waals surface area (Å²) in [5, 5.41) is 4.67. The van der Waals surface area contributed by atoms with Crippen molar-refractivity contribution >= 4 is 26.7 Å². The van der Waals surface area contributed by atoms with Crippen LogP contribution in [0.5, 0.6) is 0 Å². The first kappa shape index (κ1) is 11.9. The molecule has 1 atom stereocenters. The molecule has 18 heavy (non-hydrogen) atoms. The molecule has 1 aromatic carbocycles. The zero-order valence-corrected chi connectivity index (χ0v) is 11.5. The largest absolute Gasteiger partial charge is 0.357 e. The minimum absolute atomic E-state index is 0.555. The summed E-state index contributed by atoms with van der Waals surface area (Å²) in [6.07, 6.45) is 2.54. The summed E-state index contributed by atoms with van der Waals surface area (Å²) in [5.74, 6) is 0.